The summed E-state index contributed by atoms with van der Waals surface area (Å²) in [6, 6.07) is 2.12. The lowest BCUT2D eigenvalue weighted by atomic mass is 10.1. The first-order valence-electron chi connectivity index (χ1n) is 3.71. The molecule has 1 heteroatoms. The van der Waals surface area contributed by atoms with Crippen LogP contribution in [0.2, 0.25) is 0 Å². The van der Waals surface area contributed by atoms with Crippen molar-refractivity contribution < 1.29 is 0 Å². The van der Waals surface area contributed by atoms with E-state index >= 15 is 0 Å². The minimum absolute atomic E-state index is 1.05. The zero-order chi connectivity index (χ0) is 5.14. The summed E-state index contributed by atoms with van der Waals surface area (Å²) in [5, 5.41) is 0. The first kappa shape index (κ1) is 3.89. The van der Waals surface area contributed by atoms with Crippen LogP contribution >= 0.6 is 0 Å². The van der Waals surface area contributed by atoms with E-state index in [4.69, 9.17) is 0 Å². The predicted molar refractivity (Wildman–Crippen MR) is 31.6 cm³/mol. The van der Waals surface area contributed by atoms with E-state index in [9.17, 15) is 0 Å². The normalized spacial score (nSPS) is 66.0. The van der Waals surface area contributed by atoms with Crippen molar-refractivity contribution in [3.63, 3.8) is 0 Å². The van der Waals surface area contributed by atoms with Crippen LogP contribution in [0, 0.1) is 5.92 Å². The molecule has 2 aliphatic heterocycles. The van der Waals surface area contributed by atoms with E-state index in [1.165, 1.54) is 13.0 Å². The molecule has 8 heavy (non-hydrogen) atoms. The first-order valence-corrected chi connectivity index (χ1v) is 3.71. The van der Waals surface area contributed by atoms with Gasteiger partial charge in [-0.05, 0) is 25.2 Å². The van der Waals surface area contributed by atoms with Gasteiger partial charge in [-0.25, -0.2) is 0 Å². The average molecular weight is 109 g/mol. The van der Waals surface area contributed by atoms with Crippen LogP contribution in [0.1, 0.15) is 19.3 Å². The maximum atomic E-state index is 2.67. The standard InChI is InChI=1S/C7H11N/c1-2-6-3-5(1)7-4-8(6)7/h5-7H,1-4H2. The summed E-state index contributed by atoms with van der Waals surface area (Å²) in [6.07, 6.45) is 4.61. The van der Waals surface area contributed by atoms with Crippen molar-refractivity contribution in [3.8, 4) is 0 Å². The van der Waals surface area contributed by atoms with Crippen LogP contribution in [-0.2, 0) is 0 Å². The molecule has 4 unspecified atom stereocenters. The monoisotopic (exact) mass is 109 g/mol. The lowest BCUT2D eigenvalue weighted by molar-refractivity contribution is 0.391. The Morgan fingerprint density at radius 3 is 2.75 bits per heavy atom. The zero-order valence-electron chi connectivity index (χ0n) is 5.01. The Morgan fingerprint density at radius 2 is 2.25 bits per heavy atom. The third-order valence-electron chi connectivity index (χ3n) is 3.15. The van der Waals surface area contributed by atoms with Gasteiger partial charge in [0, 0.05) is 18.6 Å². The van der Waals surface area contributed by atoms with Gasteiger partial charge < -0.3 is 0 Å². The Labute approximate surface area is 49.7 Å². The molecule has 0 aromatic heterocycles. The Kier molecular flexibility index (Phi) is 0.472. The van der Waals surface area contributed by atoms with Crippen LogP contribution in [0.4, 0.5) is 0 Å². The number of rotatable bonds is 0. The van der Waals surface area contributed by atoms with E-state index in [-0.39, 0.29) is 0 Å². The largest absolute Gasteiger partial charge is 0.294 e. The van der Waals surface area contributed by atoms with Gasteiger partial charge in [-0.2, -0.15) is 0 Å². The minimum Gasteiger partial charge on any atom is -0.294 e. The van der Waals surface area contributed by atoms with Crippen LogP contribution < -0.4 is 0 Å². The number of fused-ring (bicyclic) bond motifs is 5. The first-order chi connectivity index (χ1) is 3.95. The third kappa shape index (κ3) is 0.278. The van der Waals surface area contributed by atoms with Crippen molar-refractivity contribution in [3.05, 3.63) is 0 Å². The van der Waals surface area contributed by atoms with Crippen LogP contribution in [0.15, 0.2) is 0 Å². The molecule has 4 atom stereocenters. The highest BCUT2D eigenvalue weighted by Gasteiger charge is 2.55. The molecular formula is C7H11N. The molecule has 0 aromatic carbocycles. The quantitative estimate of drug-likeness (QED) is 0.417. The van der Waals surface area contributed by atoms with Crippen LogP contribution in [-0.4, -0.2) is 23.5 Å². The van der Waals surface area contributed by atoms with Gasteiger partial charge in [0.2, 0.25) is 0 Å². The topological polar surface area (TPSA) is 3.01 Å². The molecule has 2 heterocycles. The fraction of sp³-hybridized carbons (Fsp3) is 1.00. The molecule has 3 fully saturated rings. The second-order valence-electron chi connectivity index (χ2n) is 3.49. The smallest absolute Gasteiger partial charge is 0.0255 e. The summed E-state index contributed by atoms with van der Waals surface area (Å²) in [6.45, 7) is 1.45. The summed E-state index contributed by atoms with van der Waals surface area (Å²) in [4.78, 5) is 2.67. The van der Waals surface area contributed by atoms with Gasteiger partial charge in [0.15, 0.2) is 0 Å². The minimum atomic E-state index is 1.05. The van der Waals surface area contributed by atoms with Crippen molar-refractivity contribution in [2.24, 2.45) is 5.92 Å². The van der Waals surface area contributed by atoms with Crippen molar-refractivity contribution in [1.29, 1.82) is 0 Å². The molecule has 0 aromatic rings. The van der Waals surface area contributed by atoms with Crippen LogP contribution in [0.25, 0.3) is 0 Å². The second-order valence-corrected chi connectivity index (χ2v) is 3.49. The highest BCUT2D eigenvalue weighted by Crippen LogP contribution is 2.49. The molecule has 1 saturated carbocycles. The zero-order valence-corrected chi connectivity index (χ0v) is 5.01. The van der Waals surface area contributed by atoms with Crippen LogP contribution in [0.5, 0.6) is 0 Å². The molecule has 1 aliphatic carbocycles. The summed E-state index contributed by atoms with van der Waals surface area (Å²) in [7, 11) is 0. The molecule has 0 radical (unpaired) electrons. The van der Waals surface area contributed by atoms with Crippen molar-refractivity contribution in [1.82, 2.24) is 4.90 Å². The number of hydrogen-bond acceptors (Lipinski definition) is 1. The van der Waals surface area contributed by atoms with Crippen LogP contribution in [0.3, 0.4) is 0 Å². The van der Waals surface area contributed by atoms with E-state index in [0.717, 1.165) is 18.0 Å². The van der Waals surface area contributed by atoms with Crippen molar-refractivity contribution in [2.45, 2.75) is 31.3 Å². The summed E-state index contributed by atoms with van der Waals surface area (Å²) in [5.41, 5.74) is 0. The molecule has 0 N–H and O–H groups in total. The van der Waals surface area contributed by atoms with E-state index in [0.29, 0.717) is 0 Å². The number of nitrogens with zero attached hydrogens (tertiary/aromatic N) is 1. The highest BCUT2D eigenvalue weighted by molar-refractivity contribution is 5.10. The fourth-order valence-electron chi connectivity index (χ4n) is 2.65. The second kappa shape index (κ2) is 0.971. The Hall–Kier alpha value is -0.0400. The lowest BCUT2D eigenvalue weighted by Gasteiger charge is -2.07. The third-order valence-corrected chi connectivity index (χ3v) is 3.15. The SMILES string of the molecule is C1CC2CC1C1CN21. The summed E-state index contributed by atoms with van der Waals surface area (Å²) >= 11 is 0. The van der Waals surface area contributed by atoms with Gasteiger partial charge in [0.25, 0.3) is 0 Å². The van der Waals surface area contributed by atoms with Gasteiger partial charge >= 0.3 is 0 Å². The Morgan fingerprint density at radius 1 is 1.25 bits per heavy atom. The maximum Gasteiger partial charge on any atom is 0.0255 e. The molecule has 2 saturated heterocycles. The van der Waals surface area contributed by atoms with Gasteiger partial charge in [0.1, 0.15) is 0 Å². The molecule has 2 bridgehead atoms. The van der Waals surface area contributed by atoms with Gasteiger partial charge in [-0.3, -0.25) is 4.90 Å². The van der Waals surface area contributed by atoms with Gasteiger partial charge in [0.05, 0.1) is 0 Å². The van der Waals surface area contributed by atoms with Crippen molar-refractivity contribution in [2.75, 3.05) is 6.54 Å². The van der Waals surface area contributed by atoms with E-state index in [1.54, 1.807) is 12.8 Å². The predicted octanol–water partition coefficient (Wildman–Crippen LogP) is 0.853. The molecule has 3 rings (SSSR count). The van der Waals surface area contributed by atoms with Gasteiger partial charge in [-0.1, -0.05) is 0 Å². The number of hydrogen-bond donors (Lipinski definition) is 0. The lowest BCUT2D eigenvalue weighted by Crippen LogP contribution is -2.12. The molecule has 0 amide bonds. The molecule has 0 spiro atoms. The molecule has 1 nitrogen and oxygen atoms in total. The summed E-state index contributed by atoms with van der Waals surface area (Å²) in [5.74, 6) is 1.14. The Balaban J connectivity index is 2.02. The number of piperidine rings is 2. The Bertz CT molecular complexity index is 118. The fourth-order valence-corrected chi connectivity index (χ4v) is 2.65. The van der Waals surface area contributed by atoms with E-state index in [1.807, 2.05) is 0 Å². The molecule has 44 valence electrons. The average Bonchev–Trinajstić information content (AvgIpc) is 2.39. The van der Waals surface area contributed by atoms with E-state index < -0.39 is 0 Å². The molecular weight excluding hydrogens is 98.1 g/mol. The van der Waals surface area contributed by atoms with Gasteiger partial charge in [-0.15, -0.1) is 0 Å². The summed E-state index contributed by atoms with van der Waals surface area (Å²) < 4.78 is 0. The van der Waals surface area contributed by atoms with Crippen molar-refractivity contribution >= 4 is 0 Å². The molecule has 3 aliphatic rings. The maximum absolute atomic E-state index is 2.67. The van der Waals surface area contributed by atoms with E-state index in [2.05, 4.69) is 4.90 Å². The highest BCUT2D eigenvalue weighted by atomic mass is 15.4.